The van der Waals surface area contributed by atoms with E-state index >= 15 is 0 Å². The van der Waals surface area contributed by atoms with Gasteiger partial charge in [-0.2, -0.15) is 4.63 Å². The largest absolute Gasteiger partial charge is 0.369 e. The van der Waals surface area contributed by atoms with Crippen LogP contribution in [0.5, 0.6) is 0 Å². The van der Waals surface area contributed by atoms with E-state index in [0.717, 1.165) is 5.69 Å². The summed E-state index contributed by atoms with van der Waals surface area (Å²) in [4.78, 5) is 28.6. The van der Waals surface area contributed by atoms with Crippen LogP contribution >= 0.6 is 11.6 Å². The molecule has 0 saturated heterocycles. The number of fused-ring (bicyclic) bond motifs is 1. The predicted molar refractivity (Wildman–Crippen MR) is 121 cm³/mol. The molecule has 31 heavy (non-hydrogen) atoms. The van der Waals surface area contributed by atoms with Gasteiger partial charge in [0, 0.05) is 30.2 Å². The first-order valence-electron chi connectivity index (χ1n) is 10.0. The second kappa shape index (κ2) is 8.68. The van der Waals surface area contributed by atoms with Gasteiger partial charge in [0.25, 0.3) is 5.91 Å². The summed E-state index contributed by atoms with van der Waals surface area (Å²) in [5.74, 6) is -0.151. The van der Waals surface area contributed by atoms with Gasteiger partial charge in [0.2, 0.25) is 5.91 Å². The van der Waals surface area contributed by atoms with Crippen molar-refractivity contribution in [3.05, 3.63) is 28.9 Å². The van der Waals surface area contributed by atoms with Gasteiger partial charge in [0.1, 0.15) is 11.1 Å². The fourth-order valence-electron chi connectivity index (χ4n) is 3.09. The molecule has 3 aromatic rings. The molecule has 10 heteroatoms. The summed E-state index contributed by atoms with van der Waals surface area (Å²) in [5, 5.41) is 13.7. The highest BCUT2D eigenvalue weighted by molar-refractivity contribution is 6.34. The number of ether oxygens (including phenoxy) is 1. The average molecular weight is 447 g/mol. The normalized spacial score (nSPS) is 12.7. The summed E-state index contributed by atoms with van der Waals surface area (Å²) in [6.45, 7) is 11.5. The van der Waals surface area contributed by atoms with Crippen LogP contribution < -0.4 is 10.6 Å². The molecule has 0 fully saturated rings. The molecule has 9 nitrogen and oxygen atoms in total. The van der Waals surface area contributed by atoms with E-state index in [2.05, 4.69) is 25.8 Å². The minimum absolute atomic E-state index is 0.195. The van der Waals surface area contributed by atoms with Crippen LogP contribution in [-0.4, -0.2) is 44.3 Å². The summed E-state index contributed by atoms with van der Waals surface area (Å²) in [6.07, 6.45) is -0.594. The van der Waals surface area contributed by atoms with Gasteiger partial charge in [-0.15, -0.1) is 5.10 Å². The third-order valence-corrected chi connectivity index (χ3v) is 4.97. The van der Waals surface area contributed by atoms with E-state index in [-0.39, 0.29) is 17.2 Å². The summed E-state index contributed by atoms with van der Waals surface area (Å²) in [6, 6.07) is 5.11. The third kappa shape index (κ3) is 4.88. The van der Waals surface area contributed by atoms with Crippen LogP contribution in [0.25, 0.3) is 17.0 Å². The minimum atomic E-state index is -0.594. The Labute approximate surface area is 185 Å². The number of carbonyl (C=O) groups excluding carboxylic acids is 2. The molecule has 3 rings (SSSR count). The summed E-state index contributed by atoms with van der Waals surface area (Å²) in [5.41, 5.74) is 2.71. The molecular formula is C21H27ClN6O3. The predicted octanol–water partition coefficient (Wildman–Crippen LogP) is 4.00. The number of aromatic nitrogens is 4. The molecule has 0 spiro atoms. The van der Waals surface area contributed by atoms with E-state index in [1.54, 1.807) is 25.1 Å². The lowest BCUT2D eigenvalue weighted by atomic mass is 9.92. The number of nitrogens with one attached hydrogen (secondary N) is 3. The van der Waals surface area contributed by atoms with Crippen molar-refractivity contribution in [3.63, 3.8) is 0 Å². The van der Waals surface area contributed by atoms with Crippen molar-refractivity contribution in [1.29, 1.82) is 0 Å². The maximum absolute atomic E-state index is 12.3. The summed E-state index contributed by atoms with van der Waals surface area (Å²) in [7, 11) is 0. The molecule has 0 bridgehead atoms. The number of nitrogens with zero attached hydrogens (tertiary/aromatic N) is 3. The second-order valence-corrected chi connectivity index (χ2v) is 8.63. The first kappa shape index (κ1) is 22.8. The number of H-pyrrole nitrogens is 1. The molecule has 1 aromatic carbocycles. The first-order valence-corrected chi connectivity index (χ1v) is 10.4. The number of rotatable bonds is 6. The number of hydrogen-bond donors (Lipinski definition) is 3. The van der Waals surface area contributed by atoms with Crippen LogP contribution in [0.4, 0.5) is 11.4 Å². The molecule has 2 aromatic heterocycles. The van der Waals surface area contributed by atoms with E-state index in [1.807, 2.05) is 27.7 Å². The minimum Gasteiger partial charge on any atom is -0.369 e. The van der Waals surface area contributed by atoms with Crippen molar-refractivity contribution in [2.24, 2.45) is 0 Å². The topological polar surface area (TPSA) is 113 Å². The second-order valence-electron chi connectivity index (χ2n) is 8.25. The van der Waals surface area contributed by atoms with Crippen LogP contribution in [0.2, 0.25) is 5.02 Å². The number of hydrogen-bond acceptors (Lipinski definition) is 5. The molecule has 3 N–H and O–H groups in total. The van der Waals surface area contributed by atoms with Crippen molar-refractivity contribution < 1.29 is 14.3 Å². The van der Waals surface area contributed by atoms with Crippen LogP contribution in [0, 0.1) is 0 Å². The maximum atomic E-state index is 12.3. The zero-order valence-electron chi connectivity index (χ0n) is 18.5. The highest BCUT2D eigenvalue weighted by Gasteiger charge is 2.25. The molecule has 1 unspecified atom stereocenters. The van der Waals surface area contributed by atoms with Gasteiger partial charge in [0.15, 0.2) is 11.5 Å². The van der Waals surface area contributed by atoms with Crippen LogP contribution in [0.15, 0.2) is 18.2 Å². The molecule has 0 aliphatic heterocycles. The first-order chi connectivity index (χ1) is 14.5. The Morgan fingerprint density at radius 3 is 2.58 bits per heavy atom. The van der Waals surface area contributed by atoms with Crippen LogP contribution in [-0.2, 0) is 19.7 Å². The fraction of sp³-hybridized carbons (Fsp3) is 0.429. The number of aromatic amines is 1. The Bertz CT molecular complexity index is 1130. The highest BCUT2D eigenvalue weighted by atomic mass is 35.5. The zero-order valence-corrected chi connectivity index (χ0v) is 19.2. The molecule has 2 heterocycles. The molecular weight excluding hydrogens is 420 g/mol. The van der Waals surface area contributed by atoms with Crippen molar-refractivity contribution in [1.82, 2.24) is 19.8 Å². The van der Waals surface area contributed by atoms with E-state index in [4.69, 9.17) is 16.3 Å². The summed E-state index contributed by atoms with van der Waals surface area (Å²) >= 11 is 6.52. The van der Waals surface area contributed by atoms with Gasteiger partial charge < -0.3 is 15.4 Å². The van der Waals surface area contributed by atoms with E-state index < -0.39 is 6.10 Å². The van der Waals surface area contributed by atoms with Crippen molar-refractivity contribution in [2.75, 3.05) is 17.2 Å². The molecule has 0 aliphatic carbocycles. The SMILES string of the molecule is CCOC(C)C(=O)Nc1ccc(-c2nc3c(Cl)c(C(C)(C)C)[nH]n3n2)c(NC(C)=O)c1. The Morgan fingerprint density at radius 1 is 1.29 bits per heavy atom. The number of halogens is 1. The maximum Gasteiger partial charge on any atom is 0.253 e. The lowest BCUT2D eigenvalue weighted by Crippen LogP contribution is -2.27. The number of anilines is 2. The molecule has 1 atom stereocenters. The summed E-state index contributed by atoms with van der Waals surface area (Å²) < 4.78 is 6.84. The van der Waals surface area contributed by atoms with E-state index in [0.29, 0.717) is 40.0 Å². The molecule has 0 radical (unpaired) electrons. The number of amides is 2. The van der Waals surface area contributed by atoms with Gasteiger partial charge >= 0.3 is 0 Å². The van der Waals surface area contributed by atoms with E-state index in [9.17, 15) is 9.59 Å². The van der Waals surface area contributed by atoms with Gasteiger partial charge in [-0.1, -0.05) is 32.4 Å². The standard InChI is InChI=1S/C21H27ClN6O3/c1-7-31-11(2)20(30)24-13-8-9-14(15(10-13)23-12(3)29)18-25-19-16(22)17(21(4,5)6)26-28(19)27-18/h8-11,26H,7H2,1-6H3,(H,23,29)(H,24,30). The van der Waals surface area contributed by atoms with E-state index in [1.165, 1.54) is 11.6 Å². The molecule has 0 saturated carbocycles. The number of benzene rings is 1. The van der Waals surface area contributed by atoms with Crippen molar-refractivity contribution in [2.45, 2.75) is 53.1 Å². The quantitative estimate of drug-likeness (QED) is 0.529. The van der Waals surface area contributed by atoms with Gasteiger partial charge in [0.05, 0.1) is 11.4 Å². The molecule has 2 amide bonds. The highest BCUT2D eigenvalue weighted by Crippen LogP contribution is 2.34. The van der Waals surface area contributed by atoms with Crippen molar-refractivity contribution in [3.8, 4) is 11.4 Å². The third-order valence-electron chi connectivity index (χ3n) is 4.62. The Morgan fingerprint density at radius 2 is 2.00 bits per heavy atom. The Kier molecular flexibility index (Phi) is 6.38. The number of carbonyl (C=O) groups is 2. The van der Waals surface area contributed by atoms with Gasteiger partial charge in [-0.25, -0.2) is 4.98 Å². The van der Waals surface area contributed by atoms with Crippen molar-refractivity contribution >= 4 is 40.4 Å². The average Bonchev–Trinajstić information content (AvgIpc) is 3.21. The monoisotopic (exact) mass is 446 g/mol. The zero-order chi connectivity index (χ0) is 22.9. The van der Waals surface area contributed by atoms with Crippen LogP contribution in [0.3, 0.4) is 0 Å². The molecule has 0 aliphatic rings. The van der Waals surface area contributed by atoms with Gasteiger partial charge in [-0.3, -0.25) is 14.7 Å². The smallest absolute Gasteiger partial charge is 0.253 e. The van der Waals surface area contributed by atoms with Crippen LogP contribution in [0.1, 0.15) is 47.2 Å². The lowest BCUT2D eigenvalue weighted by molar-refractivity contribution is -0.126. The lowest BCUT2D eigenvalue weighted by Gasteiger charge is -2.16. The molecule has 166 valence electrons. The van der Waals surface area contributed by atoms with Gasteiger partial charge in [-0.05, 0) is 32.0 Å². The Hall–Kier alpha value is -2.91. The Balaban J connectivity index is 1.98. The fourth-order valence-corrected chi connectivity index (χ4v) is 3.54.